The zero-order valence-electron chi connectivity index (χ0n) is 15.2. The molecule has 0 unspecified atom stereocenters. The summed E-state index contributed by atoms with van der Waals surface area (Å²) in [5.41, 5.74) is 0.984. The van der Waals surface area contributed by atoms with Crippen molar-refractivity contribution < 1.29 is 17.9 Å². The minimum absolute atomic E-state index is 0.0940. The number of rotatable bonds is 3. The van der Waals surface area contributed by atoms with Gasteiger partial charge in [-0.2, -0.15) is 8.42 Å². The highest BCUT2D eigenvalue weighted by Gasteiger charge is 2.34. The molecule has 8 heteroatoms. The Hall–Kier alpha value is -2.35. The number of ether oxygens (including phenoxy) is 1. The summed E-state index contributed by atoms with van der Waals surface area (Å²) >= 11 is 0. The molecule has 0 radical (unpaired) electrons. The second-order valence-corrected chi connectivity index (χ2v) is 8.15. The zero-order chi connectivity index (χ0) is 18.9. The molecule has 26 heavy (non-hydrogen) atoms. The average Bonchev–Trinajstić information content (AvgIpc) is 2.63. The van der Waals surface area contributed by atoms with Gasteiger partial charge in [0.1, 0.15) is 11.4 Å². The van der Waals surface area contributed by atoms with Crippen LogP contribution < -0.4 is 4.74 Å². The van der Waals surface area contributed by atoms with Crippen LogP contribution in [0, 0.1) is 0 Å². The second kappa shape index (κ2) is 7.11. The minimum atomic E-state index is -3.95. The maximum atomic E-state index is 13.0. The molecule has 1 saturated heterocycles. The molecule has 0 N–H and O–H groups in total. The van der Waals surface area contributed by atoms with Crippen LogP contribution in [0.5, 0.6) is 5.75 Å². The molecule has 140 valence electrons. The Kier molecular flexibility index (Phi) is 5.04. The van der Waals surface area contributed by atoms with Crippen LogP contribution in [0.1, 0.15) is 31.7 Å². The Balaban J connectivity index is 1.98. The highest BCUT2D eigenvalue weighted by molar-refractivity contribution is 7.88. The van der Waals surface area contributed by atoms with Crippen LogP contribution in [-0.4, -0.2) is 56.0 Å². The molecule has 1 atom stereocenters. The van der Waals surface area contributed by atoms with Crippen LogP contribution in [0.4, 0.5) is 0 Å². The van der Waals surface area contributed by atoms with Crippen molar-refractivity contribution in [2.24, 2.45) is 4.40 Å². The first-order chi connectivity index (χ1) is 12.3. The fraction of sp³-hybridized carbons (Fsp3) is 0.444. The van der Waals surface area contributed by atoms with Crippen molar-refractivity contribution in [1.82, 2.24) is 9.21 Å². The molecule has 1 aromatic carbocycles. The van der Waals surface area contributed by atoms with Gasteiger partial charge in [0.2, 0.25) is 0 Å². The van der Waals surface area contributed by atoms with Gasteiger partial charge in [0, 0.05) is 25.2 Å². The number of methoxy groups -OCH3 is 1. The molecule has 1 fully saturated rings. The van der Waals surface area contributed by atoms with Gasteiger partial charge < -0.3 is 9.64 Å². The molecule has 3 rings (SSSR count). The van der Waals surface area contributed by atoms with Gasteiger partial charge in [-0.3, -0.25) is 4.79 Å². The molecule has 7 nitrogen and oxygen atoms in total. The molecule has 0 aliphatic carbocycles. The lowest BCUT2D eigenvalue weighted by Gasteiger charge is -2.36. The molecular weight excluding hydrogens is 354 g/mol. The number of carbonyl (C=O) groups is 1. The van der Waals surface area contributed by atoms with E-state index in [1.165, 1.54) is 7.05 Å². The van der Waals surface area contributed by atoms with Gasteiger partial charge in [0.05, 0.1) is 12.8 Å². The number of hydrogen-bond acceptors (Lipinski definition) is 4. The first-order valence-electron chi connectivity index (χ1n) is 8.59. The summed E-state index contributed by atoms with van der Waals surface area (Å²) in [6.07, 6.45) is 4.48. The summed E-state index contributed by atoms with van der Waals surface area (Å²) in [6, 6.07) is 6.99. The van der Waals surface area contributed by atoms with E-state index in [1.54, 1.807) is 42.4 Å². The Morgan fingerprint density at radius 3 is 2.54 bits per heavy atom. The standard InChI is InChI=1S/C18H23N3O4S/c1-13-6-4-5-11-21(13)18(22)17-12-16(19-26(23,24)20(17)2)14-7-9-15(25-3)10-8-14/h7-10,12-13H,4-6,11H2,1-3H3/t13-/m1/s1. The summed E-state index contributed by atoms with van der Waals surface area (Å²) in [4.78, 5) is 14.8. The molecule has 0 aromatic heterocycles. The van der Waals surface area contributed by atoms with Crippen LogP contribution in [0.15, 0.2) is 40.4 Å². The van der Waals surface area contributed by atoms with Gasteiger partial charge in [-0.05, 0) is 56.5 Å². The van der Waals surface area contributed by atoms with Gasteiger partial charge >= 0.3 is 10.2 Å². The topological polar surface area (TPSA) is 79.3 Å². The van der Waals surface area contributed by atoms with E-state index in [1.807, 2.05) is 6.92 Å². The molecule has 2 aliphatic rings. The summed E-state index contributed by atoms with van der Waals surface area (Å²) in [6.45, 7) is 2.63. The molecule has 2 aliphatic heterocycles. The van der Waals surface area contributed by atoms with Crippen LogP contribution >= 0.6 is 0 Å². The largest absolute Gasteiger partial charge is 0.497 e. The van der Waals surface area contributed by atoms with Crippen molar-refractivity contribution in [2.75, 3.05) is 20.7 Å². The predicted molar refractivity (Wildman–Crippen MR) is 99.3 cm³/mol. The van der Waals surface area contributed by atoms with E-state index in [-0.39, 0.29) is 23.4 Å². The number of piperidine rings is 1. The van der Waals surface area contributed by atoms with E-state index < -0.39 is 10.2 Å². The molecule has 0 bridgehead atoms. The van der Waals surface area contributed by atoms with Crippen LogP contribution in [0.2, 0.25) is 0 Å². The zero-order valence-corrected chi connectivity index (χ0v) is 16.0. The van der Waals surface area contributed by atoms with E-state index >= 15 is 0 Å². The van der Waals surface area contributed by atoms with Gasteiger partial charge in [-0.25, -0.2) is 4.31 Å². The SMILES string of the molecule is COc1ccc(C2=NS(=O)(=O)N(C)C(C(=O)N3CCCC[C@H]3C)=C2)cc1. The van der Waals surface area contributed by atoms with Crippen molar-refractivity contribution >= 4 is 21.8 Å². The number of allylic oxidation sites excluding steroid dienone is 1. The smallest absolute Gasteiger partial charge is 0.345 e. The van der Waals surface area contributed by atoms with Crippen molar-refractivity contribution in [3.8, 4) is 5.75 Å². The van der Waals surface area contributed by atoms with Gasteiger partial charge in [-0.15, -0.1) is 4.40 Å². The van der Waals surface area contributed by atoms with E-state index in [9.17, 15) is 13.2 Å². The Morgan fingerprint density at radius 1 is 1.23 bits per heavy atom. The van der Waals surface area contributed by atoms with E-state index in [4.69, 9.17) is 4.74 Å². The highest BCUT2D eigenvalue weighted by atomic mass is 32.2. The molecule has 2 heterocycles. The normalized spacial score (nSPS) is 22.5. The first kappa shape index (κ1) is 18.4. The number of likely N-dealkylation sites (tertiary alicyclic amines) is 1. The average molecular weight is 377 g/mol. The monoisotopic (exact) mass is 377 g/mol. The summed E-state index contributed by atoms with van der Waals surface area (Å²) in [5, 5.41) is 0. The summed E-state index contributed by atoms with van der Waals surface area (Å²) in [7, 11) is -1.03. The van der Waals surface area contributed by atoms with Gasteiger partial charge in [0.15, 0.2) is 0 Å². The lowest BCUT2D eigenvalue weighted by Crippen LogP contribution is -2.46. The van der Waals surface area contributed by atoms with E-state index in [0.717, 1.165) is 23.6 Å². The second-order valence-electron chi connectivity index (χ2n) is 6.52. The van der Waals surface area contributed by atoms with Crippen molar-refractivity contribution in [2.45, 2.75) is 32.2 Å². The molecule has 0 saturated carbocycles. The summed E-state index contributed by atoms with van der Waals surface area (Å²) in [5.74, 6) is 0.386. The minimum Gasteiger partial charge on any atom is -0.497 e. The predicted octanol–water partition coefficient (Wildman–Crippen LogP) is 1.96. The fourth-order valence-corrected chi connectivity index (χ4v) is 4.11. The maximum absolute atomic E-state index is 13.0. The number of amides is 1. The summed E-state index contributed by atoms with van der Waals surface area (Å²) < 4.78 is 34.9. The number of hydrogen-bond donors (Lipinski definition) is 0. The highest BCUT2D eigenvalue weighted by Crippen LogP contribution is 2.25. The van der Waals surface area contributed by atoms with Crippen LogP contribution in [-0.2, 0) is 15.0 Å². The number of benzene rings is 1. The van der Waals surface area contributed by atoms with Crippen molar-refractivity contribution in [3.63, 3.8) is 0 Å². The molecule has 1 aromatic rings. The van der Waals surface area contributed by atoms with E-state index in [0.29, 0.717) is 17.9 Å². The quantitative estimate of drug-likeness (QED) is 0.807. The Bertz CT molecular complexity index is 859. The number of nitrogens with zero attached hydrogens (tertiary/aromatic N) is 3. The number of carbonyl (C=O) groups excluding carboxylic acids is 1. The first-order valence-corrected chi connectivity index (χ1v) is 9.99. The third-order valence-corrected chi connectivity index (χ3v) is 6.16. The van der Waals surface area contributed by atoms with Gasteiger partial charge in [-0.1, -0.05) is 0 Å². The van der Waals surface area contributed by atoms with Crippen molar-refractivity contribution in [3.05, 3.63) is 41.6 Å². The van der Waals surface area contributed by atoms with Crippen LogP contribution in [0.25, 0.3) is 0 Å². The molecular formula is C18H23N3O4S. The Morgan fingerprint density at radius 2 is 1.92 bits per heavy atom. The van der Waals surface area contributed by atoms with Gasteiger partial charge in [0.25, 0.3) is 5.91 Å². The third-order valence-electron chi connectivity index (χ3n) is 4.84. The Labute approximate surface area is 154 Å². The fourth-order valence-electron chi connectivity index (χ4n) is 3.20. The molecule has 0 spiro atoms. The molecule has 1 amide bonds. The third kappa shape index (κ3) is 3.46. The van der Waals surface area contributed by atoms with E-state index in [2.05, 4.69) is 4.40 Å². The lowest BCUT2D eigenvalue weighted by atomic mass is 10.0. The number of likely N-dealkylation sites (N-methyl/N-ethyl adjacent to an activating group) is 1. The maximum Gasteiger partial charge on any atom is 0.345 e. The van der Waals surface area contributed by atoms with Crippen LogP contribution in [0.3, 0.4) is 0 Å². The lowest BCUT2D eigenvalue weighted by molar-refractivity contribution is -0.131. The van der Waals surface area contributed by atoms with Crippen molar-refractivity contribution in [1.29, 1.82) is 0 Å².